The number of nitro benzene ring substituents is 1. The Morgan fingerprint density at radius 3 is 2.58 bits per heavy atom. The highest BCUT2D eigenvalue weighted by atomic mass is 35.5. The second-order valence-electron chi connectivity index (χ2n) is 8.00. The maximum atomic E-state index is 13.0. The quantitative estimate of drug-likeness (QED) is 0.153. The van der Waals surface area contributed by atoms with Gasteiger partial charge in [-0.15, -0.1) is 10.2 Å². The topological polar surface area (TPSA) is 103 Å². The zero-order valence-corrected chi connectivity index (χ0v) is 21.6. The normalized spacial score (nSPS) is 11.8. The highest BCUT2D eigenvalue weighted by Crippen LogP contribution is 2.32. The monoisotopic (exact) mass is 541 g/mol. The summed E-state index contributed by atoms with van der Waals surface area (Å²) in [4.78, 5) is 23.7. The molecule has 0 fully saturated rings. The van der Waals surface area contributed by atoms with Crippen LogP contribution in [0.15, 0.2) is 71.9 Å². The van der Waals surface area contributed by atoms with Crippen LogP contribution in [0.2, 0.25) is 10.0 Å². The van der Waals surface area contributed by atoms with Crippen LogP contribution >= 0.6 is 35.0 Å². The van der Waals surface area contributed by atoms with E-state index < -0.39 is 16.9 Å². The van der Waals surface area contributed by atoms with Crippen molar-refractivity contribution in [2.75, 3.05) is 0 Å². The fraction of sp³-hybridized carbons (Fsp3) is 0.160. The van der Waals surface area contributed by atoms with E-state index in [1.807, 2.05) is 30.3 Å². The Kier molecular flexibility index (Phi) is 7.93. The minimum absolute atomic E-state index is 0.122. The number of nitrogens with one attached hydrogen (secondary N) is 1. The molecule has 1 amide bonds. The molecular formula is C25H21Cl2N5O3S. The smallest absolute Gasteiger partial charge is 0.273 e. The lowest BCUT2D eigenvalue weighted by Crippen LogP contribution is -2.28. The Morgan fingerprint density at radius 2 is 1.86 bits per heavy atom. The van der Waals surface area contributed by atoms with Gasteiger partial charge in [0.05, 0.1) is 21.7 Å². The molecule has 3 aromatic carbocycles. The minimum Gasteiger partial charge on any atom is -0.342 e. The van der Waals surface area contributed by atoms with E-state index in [9.17, 15) is 14.9 Å². The minimum atomic E-state index is -0.605. The van der Waals surface area contributed by atoms with Gasteiger partial charge in [0, 0.05) is 28.0 Å². The first kappa shape index (κ1) is 25.7. The molecule has 0 bridgehead atoms. The molecular weight excluding hydrogens is 521 g/mol. The summed E-state index contributed by atoms with van der Waals surface area (Å²) in [5, 5.41) is 24.4. The zero-order valence-electron chi connectivity index (χ0n) is 19.3. The van der Waals surface area contributed by atoms with Crippen LogP contribution in [-0.4, -0.2) is 25.6 Å². The van der Waals surface area contributed by atoms with Gasteiger partial charge < -0.3 is 5.32 Å². The van der Waals surface area contributed by atoms with E-state index in [-0.39, 0.29) is 11.3 Å². The van der Waals surface area contributed by atoms with Crippen molar-refractivity contribution >= 4 is 46.6 Å². The summed E-state index contributed by atoms with van der Waals surface area (Å²) in [6, 6.07) is 18.7. The van der Waals surface area contributed by atoms with Crippen molar-refractivity contribution in [3.05, 3.63) is 109 Å². The van der Waals surface area contributed by atoms with Gasteiger partial charge in [-0.2, -0.15) is 0 Å². The van der Waals surface area contributed by atoms with Crippen molar-refractivity contribution in [3.8, 4) is 5.69 Å². The van der Waals surface area contributed by atoms with Crippen molar-refractivity contribution in [1.82, 2.24) is 20.1 Å². The molecule has 4 rings (SSSR count). The van der Waals surface area contributed by atoms with E-state index in [2.05, 4.69) is 15.5 Å². The molecule has 0 spiro atoms. The average Bonchev–Trinajstić information content (AvgIpc) is 3.28. The fourth-order valence-corrected chi connectivity index (χ4v) is 4.83. The third-order valence-electron chi connectivity index (χ3n) is 5.42. The molecule has 1 aromatic heterocycles. The number of amides is 1. The van der Waals surface area contributed by atoms with E-state index in [0.717, 1.165) is 5.56 Å². The van der Waals surface area contributed by atoms with E-state index >= 15 is 0 Å². The predicted molar refractivity (Wildman–Crippen MR) is 141 cm³/mol. The predicted octanol–water partition coefficient (Wildman–Crippen LogP) is 6.57. The molecule has 1 atom stereocenters. The second kappa shape index (κ2) is 11.1. The Morgan fingerprint density at radius 1 is 1.11 bits per heavy atom. The number of carbonyl (C=O) groups is 1. The first-order chi connectivity index (χ1) is 17.2. The van der Waals surface area contributed by atoms with Crippen molar-refractivity contribution in [2.45, 2.75) is 30.8 Å². The number of hydrogen-bond acceptors (Lipinski definition) is 6. The maximum absolute atomic E-state index is 13.0. The first-order valence-corrected chi connectivity index (χ1v) is 12.6. The van der Waals surface area contributed by atoms with Crippen molar-refractivity contribution < 1.29 is 9.72 Å². The Hall–Kier alpha value is -3.40. The summed E-state index contributed by atoms with van der Waals surface area (Å²) >= 11 is 14.3. The maximum Gasteiger partial charge on any atom is 0.273 e. The number of aromatic nitrogens is 3. The molecule has 0 aliphatic rings. The van der Waals surface area contributed by atoms with Crippen molar-refractivity contribution in [1.29, 1.82) is 0 Å². The van der Waals surface area contributed by atoms with Crippen LogP contribution in [0.4, 0.5) is 5.69 Å². The van der Waals surface area contributed by atoms with Crippen LogP contribution in [0.5, 0.6) is 0 Å². The van der Waals surface area contributed by atoms with Gasteiger partial charge in [0.2, 0.25) is 0 Å². The zero-order chi connectivity index (χ0) is 25.8. The first-order valence-electron chi connectivity index (χ1n) is 10.9. The summed E-state index contributed by atoms with van der Waals surface area (Å²) in [5.74, 6) is 0.603. The van der Waals surface area contributed by atoms with Gasteiger partial charge in [0.15, 0.2) is 11.0 Å². The second-order valence-corrected chi connectivity index (χ2v) is 9.79. The number of nitrogens with zero attached hydrogens (tertiary/aromatic N) is 4. The summed E-state index contributed by atoms with van der Waals surface area (Å²) in [6.45, 7) is 3.37. The molecule has 1 N–H and O–H groups in total. The lowest BCUT2D eigenvalue weighted by molar-refractivity contribution is -0.385. The van der Waals surface area contributed by atoms with E-state index in [1.54, 1.807) is 48.7 Å². The molecule has 0 radical (unpaired) electrons. The Labute approximate surface area is 221 Å². The van der Waals surface area contributed by atoms with E-state index in [4.69, 9.17) is 23.2 Å². The Bertz CT molecular complexity index is 1430. The molecule has 0 saturated carbocycles. The standard InChI is InChI=1S/C25H21Cl2N5O3S/c1-15-8-9-18(12-21(15)32(34)35)24(33)28-16(2)23-29-30-25(36-14-17-6-4-3-5-7-17)31(23)22-13-19(26)10-11-20(22)27/h3-13,16H,14H2,1-2H3,(H,28,33). The number of carbonyl (C=O) groups excluding carboxylic acids is 1. The number of aryl methyl sites for hydroxylation is 1. The van der Waals surface area contributed by atoms with Gasteiger partial charge in [-0.1, -0.05) is 71.4 Å². The molecule has 0 saturated heterocycles. The highest BCUT2D eigenvalue weighted by molar-refractivity contribution is 7.98. The van der Waals surface area contributed by atoms with Crippen LogP contribution in [0.1, 0.15) is 40.3 Å². The van der Waals surface area contributed by atoms with E-state index in [1.165, 1.54) is 17.8 Å². The molecule has 11 heteroatoms. The van der Waals surface area contributed by atoms with E-state index in [0.29, 0.717) is 38.0 Å². The van der Waals surface area contributed by atoms with Crippen LogP contribution in [-0.2, 0) is 5.75 Å². The molecule has 0 aliphatic heterocycles. The van der Waals surface area contributed by atoms with Gasteiger partial charge in [-0.25, -0.2) is 0 Å². The van der Waals surface area contributed by atoms with Gasteiger partial charge >= 0.3 is 0 Å². The Balaban J connectivity index is 1.67. The number of thioether (sulfide) groups is 1. The molecule has 36 heavy (non-hydrogen) atoms. The molecule has 0 aliphatic carbocycles. The SMILES string of the molecule is Cc1ccc(C(=O)NC(C)c2nnc(SCc3ccccc3)n2-c2cc(Cl)ccc2Cl)cc1[N+](=O)[O-]. The molecule has 184 valence electrons. The number of hydrogen-bond donors (Lipinski definition) is 1. The van der Waals surface area contributed by atoms with Crippen molar-refractivity contribution in [3.63, 3.8) is 0 Å². The van der Waals surface area contributed by atoms with Gasteiger partial charge in [-0.05, 0) is 43.7 Å². The van der Waals surface area contributed by atoms with Gasteiger partial charge in [0.25, 0.3) is 11.6 Å². The van der Waals surface area contributed by atoms with Gasteiger partial charge in [-0.3, -0.25) is 19.5 Å². The largest absolute Gasteiger partial charge is 0.342 e. The number of benzene rings is 3. The highest BCUT2D eigenvalue weighted by Gasteiger charge is 2.24. The third-order valence-corrected chi connectivity index (χ3v) is 6.98. The lowest BCUT2D eigenvalue weighted by atomic mass is 10.1. The molecule has 8 nitrogen and oxygen atoms in total. The van der Waals surface area contributed by atoms with Crippen molar-refractivity contribution in [2.24, 2.45) is 0 Å². The summed E-state index contributed by atoms with van der Waals surface area (Å²) < 4.78 is 1.77. The van der Waals surface area contributed by atoms with Crippen LogP contribution in [0.3, 0.4) is 0 Å². The lowest BCUT2D eigenvalue weighted by Gasteiger charge is -2.17. The summed E-state index contributed by atoms with van der Waals surface area (Å²) in [7, 11) is 0. The fourth-order valence-electron chi connectivity index (χ4n) is 3.55. The summed E-state index contributed by atoms with van der Waals surface area (Å²) in [5.41, 5.74) is 2.21. The summed E-state index contributed by atoms with van der Waals surface area (Å²) in [6.07, 6.45) is 0. The van der Waals surface area contributed by atoms with Crippen LogP contribution in [0, 0.1) is 17.0 Å². The molecule has 4 aromatic rings. The van der Waals surface area contributed by atoms with Crippen LogP contribution < -0.4 is 5.32 Å². The van der Waals surface area contributed by atoms with Crippen LogP contribution in [0.25, 0.3) is 5.69 Å². The molecule has 1 unspecified atom stereocenters. The number of rotatable bonds is 8. The van der Waals surface area contributed by atoms with Gasteiger partial charge in [0.1, 0.15) is 0 Å². The number of halogens is 2. The number of nitro groups is 1. The average molecular weight is 542 g/mol. The third kappa shape index (κ3) is 5.70. The molecule has 1 heterocycles.